The number of carbonyl (C=O) groups excluding carboxylic acids is 1. The lowest BCUT2D eigenvalue weighted by Crippen LogP contribution is -2.07. The van der Waals surface area contributed by atoms with Gasteiger partial charge in [0.25, 0.3) is 0 Å². The molecule has 0 saturated carbocycles. The van der Waals surface area contributed by atoms with Crippen molar-refractivity contribution in [1.29, 1.82) is 5.26 Å². The van der Waals surface area contributed by atoms with Crippen LogP contribution in [0.5, 0.6) is 0 Å². The Hall–Kier alpha value is -2.32. The van der Waals surface area contributed by atoms with Gasteiger partial charge in [0.05, 0.1) is 4.47 Å². The number of allylic oxidation sites excluding steroid dienone is 1. The minimum absolute atomic E-state index is 0.0350. The SMILES string of the molecule is CN(C)c1oc(/C=C(\C#N)C(=O)c2ccccc2)cc1Br. The van der Waals surface area contributed by atoms with Crippen molar-refractivity contribution in [3.8, 4) is 6.07 Å². The number of ketones is 1. The molecule has 1 heterocycles. The number of carbonyl (C=O) groups is 1. The molecule has 2 rings (SSSR count). The molecule has 0 aliphatic heterocycles. The van der Waals surface area contributed by atoms with E-state index in [0.29, 0.717) is 17.2 Å². The third-order valence-electron chi connectivity index (χ3n) is 2.78. The Kier molecular flexibility index (Phi) is 4.61. The summed E-state index contributed by atoms with van der Waals surface area (Å²) in [7, 11) is 3.69. The zero-order valence-corrected chi connectivity index (χ0v) is 13.2. The monoisotopic (exact) mass is 344 g/mol. The maximum Gasteiger partial charge on any atom is 0.209 e. The van der Waals surface area contributed by atoms with E-state index >= 15 is 0 Å². The molecule has 0 N–H and O–H groups in total. The van der Waals surface area contributed by atoms with Crippen LogP contribution < -0.4 is 4.90 Å². The number of nitriles is 1. The summed E-state index contributed by atoms with van der Waals surface area (Å²) in [4.78, 5) is 14.0. The number of benzene rings is 1. The van der Waals surface area contributed by atoms with Crippen LogP contribution in [-0.4, -0.2) is 19.9 Å². The lowest BCUT2D eigenvalue weighted by atomic mass is 10.0. The molecule has 21 heavy (non-hydrogen) atoms. The summed E-state index contributed by atoms with van der Waals surface area (Å²) < 4.78 is 6.36. The molecule has 4 nitrogen and oxygen atoms in total. The standard InChI is InChI=1S/C16H13BrN2O2/c1-19(2)16-14(17)9-13(21-16)8-12(10-18)15(20)11-6-4-3-5-7-11/h3-9H,1-2H3/b12-8+. The van der Waals surface area contributed by atoms with Crippen molar-refractivity contribution in [3.63, 3.8) is 0 Å². The molecule has 0 aliphatic carbocycles. The van der Waals surface area contributed by atoms with E-state index in [9.17, 15) is 10.1 Å². The zero-order chi connectivity index (χ0) is 15.4. The molecule has 5 heteroatoms. The van der Waals surface area contributed by atoms with Gasteiger partial charge >= 0.3 is 0 Å². The molecule has 0 amide bonds. The first-order valence-electron chi connectivity index (χ1n) is 6.21. The smallest absolute Gasteiger partial charge is 0.209 e. The van der Waals surface area contributed by atoms with Gasteiger partial charge < -0.3 is 9.32 Å². The highest BCUT2D eigenvalue weighted by Crippen LogP contribution is 2.30. The van der Waals surface area contributed by atoms with Gasteiger partial charge in [0.2, 0.25) is 11.7 Å². The van der Waals surface area contributed by atoms with Crippen LogP contribution in [0.1, 0.15) is 16.1 Å². The van der Waals surface area contributed by atoms with Gasteiger partial charge in [-0.2, -0.15) is 5.26 Å². The molecule has 0 fully saturated rings. The number of hydrogen-bond donors (Lipinski definition) is 0. The molecule has 2 aromatic rings. The topological polar surface area (TPSA) is 57.2 Å². The van der Waals surface area contributed by atoms with Crippen molar-refractivity contribution < 1.29 is 9.21 Å². The number of anilines is 1. The van der Waals surface area contributed by atoms with Crippen molar-refractivity contribution in [2.24, 2.45) is 0 Å². The van der Waals surface area contributed by atoms with Gasteiger partial charge in [-0.15, -0.1) is 0 Å². The van der Waals surface area contributed by atoms with E-state index in [4.69, 9.17) is 4.42 Å². The first-order valence-corrected chi connectivity index (χ1v) is 7.00. The van der Waals surface area contributed by atoms with Crippen molar-refractivity contribution in [2.45, 2.75) is 0 Å². The second-order valence-corrected chi connectivity index (χ2v) is 5.42. The van der Waals surface area contributed by atoms with Crippen LogP contribution in [0.3, 0.4) is 0 Å². The molecule has 0 bridgehead atoms. The lowest BCUT2D eigenvalue weighted by Gasteiger charge is -2.07. The third-order valence-corrected chi connectivity index (χ3v) is 3.35. The fourth-order valence-electron chi connectivity index (χ4n) is 1.79. The minimum Gasteiger partial charge on any atom is -0.440 e. The second-order valence-electron chi connectivity index (χ2n) is 4.56. The van der Waals surface area contributed by atoms with Crippen LogP contribution in [-0.2, 0) is 0 Å². The lowest BCUT2D eigenvalue weighted by molar-refractivity contribution is 0.104. The summed E-state index contributed by atoms with van der Waals surface area (Å²) in [6.07, 6.45) is 1.45. The Morgan fingerprint density at radius 2 is 2.00 bits per heavy atom. The largest absolute Gasteiger partial charge is 0.440 e. The Bertz CT molecular complexity index is 724. The molecule has 0 aliphatic rings. The van der Waals surface area contributed by atoms with Gasteiger partial charge in [0, 0.05) is 31.8 Å². The summed E-state index contributed by atoms with van der Waals surface area (Å²) in [6.45, 7) is 0. The van der Waals surface area contributed by atoms with Crippen LogP contribution in [0, 0.1) is 11.3 Å². The average Bonchev–Trinajstić information content (AvgIpc) is 2.86. The van der Waals surface area contributed by atoms with Gasteiger partial charge in [-0.05, 0) is 15.9 Å². The Balaban J connectivity index is 2.36. The van der Waals surface area contributed by atoms with E-state index in [1.54, 1.807) is 35.2 Å². The quantitative estimate of drug-likeness (QED) is 0.479. The molecule has 0 atom stereocenters. The summed E-state index contributed by atoms with van der Waals surface area (Å²) in [5.74, 6) is 0.758. The number of furan rings is 1. The molecule has 0 unspecified atom stereocenters. The predicted octanol–water partition coefficient (Wildman–Crippen LogP) is 3.90. The molecular formula is C16H13BrN2O2. The van der Waals surface area contributed by atoms with Crippen molar-refractivity contribution >= 4 is 33.7 Å². The van der Waals surface area contributed by atoms with Gasteiger partial charge in [-0.1, -0.05) is 30.3 Å². The maximum atomic E-state index is 12.3. The van der Waals surface area contributed by atoms with E-state index in [1.807, 2.05) is 26.2 Å². The number of hydrogen-bond acceptors (Lipinski definition) is 4. The van der Waals surface area contributed by atoms with E-state index in [1.165, 1.54) is 6.08 Å². The van der Waals surface area contributed by atoms with Crippen LogP contribution in [0.15, 0.2) is 50.9 Å². The number of nitrogens with zero attached hydrogens (tertiary/aromatic N) is 2. The summed E-state index contributed by atoms with van der Waals surface area (Å²) in [5.41, 5.74) is 0.511. The second kappa shape index (κ2) is 6.42. The van der Waals surface area contributed by atoms with Gasteiger partial charge in [-0.25, -0.2) is 0 Å². The fraction of sp³-hybridized carbons (Fsp3) is 0.125. The number of rotatable bonds is 4. The van der Waals surface area contributed by atoms with Crippen molar-refractivity contribution in [1.82, 2.24) is 0 Å². The highest BCUT2D eigenvalue weighted by atomic mass is 79.9. The Morgan fingerprint density at radius 3 is 2.52 bits per heavy atom. The summed E-state index contributed by atoms with van der Waals surface area (Å²) >= 11 is 3.38. The van der Waals surface area contributed by atoms with Gasteiger partial charge in [0.1, 0.15) is 17.4 Å². The number of halogens is 1. The van der Waals surface area contributed by atoms with E-state index < -0.39 is 0 Å². The van der Waals surface area contributed by atoms with Crippen LogP contribution in [0.2, 0.25) is 0 Å². The molecule has 1 aromatic heterocycles. The molecule has 106 valence electrons. The normalized spacial score (nSPS) is 11.0. The summed E-state index contributed by atoms with van der Waals surface area (Å²) in [6, 6.07) is 12.3. The highest BCUT2D eigenvalue weighted by Gasteiger charge is 2.14. The van der Waals surface area contributed by atoms with Crippen LogP contribution in [0.4, 0.5) is 5.88 Å². The van der Waals surface area contributed by atoms with Crippen molar-refractivity contribution in [3.05, 3.63) is 57.8 Å². The average molecular weight is 345 g/mol. The van der Waals surface area contributed by atoms with E-state index in [2.05, 4.69) is 15.9 Å². The Labute approximate surface area is 131 Å². The van der Waals surface area contributed by atoms with Gasteiger partial charge in [-0.3, -0.25) is 4.79 Å². The van der Waals surface area contributed by atoms with Crippen molar-refractivity contribution in [2.75, 3.05) is 19.0 Å². The van der Waals surface area contributed by atoms with E-state index in [0.717, 1.165) is 4.47 Å². The first-order chi connectivity index (χ1) is 10.0. The van der Waals surface area contributed by atoms with E-state index in [-0.39, 0.29) is 11.4 Å². The van der Waals surface area contributed by atoms with Crippen LogP contribution >= 0.6 is 15.9 Å². The first kappa shape index (κ1) is 15.1. The molecular weight excluding hydrogens is 332 g/mol. The summed E-state index contributed by atoms with van der Waals surface area (Å²) in [5, 5.41) is 9.20. The fourth-order valence-corrected chi connectivity index (χ4v) is 2.45. The highest BCUT2D eigenvalue weighted by molar-refractivity contribution is 9.10. The molecule has 0 spiro atoms. The molecule has 1 aromatic carbocycles. The third kappa shape index (κ3) is 3.41. The predicted molar refractivity (Wildman–Crippen MR) is 85.1 cm³/mol. The Morgan fingerprint density at radius 1 is 1.33 bits per heavy atom. The maximum absolute atomic E-state index is 12.3. The number of Topliss-reactive ketones (excluding diaryl/α,β-unsaturated/α-hetero) is 1. The van der Waals surface area contributed by atoms with Crippen LogP contribution in [0.25, 0.3) is 6.08 Å². The molecule has 0 saturated heterocycles. The zero-order valence-electron chi connectivity index (χ0n) is 11.6. The molecule has 0 radical (unpaired) electrons. The van der Waals surface area contributed by atoms with Gasteiger partial charge in [0.15, 0.2) is 0 Å². The minimum atomic E-state index is -0.322.